The summed E-state index contributed by atoms with van der Waals surface area (Å²) in [5.41, 5.74) is 0.696. The van der Waals surface area contributed by atoms with Crippen LogP contribution in [0.3, 0.4) is 0 Å². The number of aromatic nitrogens is 2. The lowest BCUT2D eigenvalue weighted by atomic mass is 10.2. The fourth-order valence-electron chi connectivity index (χ4n) is 1.57. The summed E-state index contributed by atoms with van der Waals surface area (Å²) in [7, 11) is 1.80. The Balaban J connectivity index is 2.47. The van der Waals surface area contributed by atoms with Crippen LogP contribution in [0.4, 0.5) is 0 Å². The average Bonchev–Trinajstić information content (AvgIpc) is 2.66. The zero-order chi connectivity index (χ0) is 11.3. The van der Waals surface area contributed by atoms with Gasteiger partial charge in [0, 0.05) is 26.2 Å². The quantitative estimate of drug-likeness (QED) is 0.663. The minimum atomic E-state index is 0.168. The zero-order valence-electron chi connectivity index (χ0n) is 9.73. The van der Waals surface area contributed by atoms with Crippen LogP contribution in [0.25, 0.3) is 0 Å². The predicted molar refractivity (Wildman–Crippen MR) is 59.9 cm³/mol. The van der Waals surface area contributed by atoms with Gasteiger partial charge >= 0.3 is 0 Å². The summed E-state index contributed by atoms with van der Waals surface area (Å²) in [5, 5.41) is 3.99. The maximum Gasteiger partial charge on any atom is 0.182 e. The largest absolute Gasteiger partial charge is 0.303 e. The first-order valence-corrected chi connectivity index (χ1v) is 5.42. The highest BCUT2D eigenvalue weighted by molar-refractivity contribution is 5.94. The second-order valence-electron chi connectivity index (χ2n) is 3.54. The number of hydrogen-bond donors (Lipinski definition) is 0. The number of Topliss-reactive ketones (excluding diaryl/α,β-unsaturated/α-hetero) is 1. The topological polar surface area (TPSA) is 38.1 Å². The van der Waals surface area contributed by atoms with Gasteiger partial charge in [0.25, 0.3) is 0 Å². The minimum absolute atomic E-state index is 0.168. The van der Waals surface area contributed by atoms with Gasteiger partial charge < -0.3 is 4.90 Å². The molecule has 0 saturated carbocycles. The van der Waals surface area contributed by atoms with Gasteiger partial charge in [-0.3, -0.25) is 9.48 Å². The summed E-state index contributed by atoms with van der Waals surface area (Å²) in [4.78, 5) is 14.0. The molecule has 0 bridgehead atoms. The van der Waals surface area contributed by atoms with Gasteiger partial charge in [-0.1, -0.05) is 13.8 Å². The van der Waals surface area contributed by atoms with Gasteiger partial charge in [0.15, 0.2) is 5.78 Å². The highest BCUT2D eigenvalue weighted by Gasteiger charge is 2.10. The highest BCUT2D eigenvalue weighted by Crippen LogP contribution is 2.02. The molecule has 1 rings (SSSR count). The first kappa shape index (κ1) is 11.9. The summed E-state index contributed by atoms with van der Waals surface area (Å²) in [6.07, 6.45) is 2.23. The Bertz CT molecular complexity index is 315. The molecule has 84 valence electrons. The van der Waals surface area contributed by atoms with Gasteiger partial charge in [0.1, 0.15) is 5.69 Å². The van der Waals surface area contributed by atoms with Crippen LogP contribution in [0.2, 0.25) is 0 Å². The van der Waals surface area contributed by atoms with E-state index in [0.29, 0.717) is 12.1 Å². The van der Waals surface area contributed by atoms with E-state index in [2.05, 4.69) is 23.8 Å². The summed E-state index contributed by atoms with van der Waals surface area (Å²) in [6, 6.07) is 1.77. The van der Waals surface area contributed by atoms with E-state index in [1.807, 2.05) is 0 Å². The van der Waals surface area contributed by atoms with Gasteiger partial charge in [0.05, 0.1) is 0 Å². The number of carbonyl (C=O) groups is 1. The van der Waals surface area contributed by atoms with E-state index >= 15 is 0 Å². The molecule has 4 nitrogen and oxygen atoms in total. The van der Waals surface area contributed by atoms with Crippen molar-refractivity contribution in [1.29, 1.82) is 0 Å². The Labute approximate surface area is 90.9 Å². The summed E-state index contributed by atoms with van der Waals surface area (Å²) < 4.78 is 1.63. The second-order valence-corrected chi connectivity index (χ2v) is 3.54. The third kappa shape index (κ3) is 3.16. The van der Waals surface area contributed by atoms with Gasteiger partial charge in [-0.05, 0) is 19.2 Å². The molecule has 15 heavy (non-hydrogen) atoms. The Morgan fingerprint density at radius 3 is 2.60 bits per heavy atom. The lowest BCUT2D eigenvalue weighted by Crippen LogP contribution is -2.26. The van der Waals surface area contributed by atoms with Crippen LogP contribution in [-0.4, -0.2) is 40.1 Å². The summed E-state index contributed by atoms with van der Waals surface area (Å²) in [6.45, 7) is 7.04. The van der Waals surface area contributed by atoms with E-state index in [-0.39, 0.29) is 5.78 Å². The van der Waals surface area contributed by atoms with Crippen molar-refractivity contribution in [3.63, 3.8) is 0 Å². The van der Waals surface area contributed by atoms with Crippen molar-refractivity contribution < 1.29 is 4.79 Å². The van der Waals surface area contributed by atoms with E-state index in [4.69, 9.17) is 0 Å². The Kier molecular flexibility index (Phi) is 4.49. The molecule has 4 heteroatoms. The molecule has 0 aliphatic carbocycles. The van der Waals surface area contributed by atoms with Crippen LogP contribution >= 0.6 is 0 Å². The number of hydrogen-bond acceptors (Lipinski definition) is 3. The molecule has 0 spiro atoms. The van der Waals surface area contributed by atoms with E-state index in [9.17, 15) is 4.79 Å². The van der Waals surface area contributed by atoms with Crippen LogP contribution in [0.5, 0.6) is 0 Å². The average molecular weight is 209 g/mol. The molecule has 1 aromatic rings. The number of aryl methyl sites for hydroxylation is 1. The molecule has 0 aliphatic rings. The predicted octanol–water partition coefficient (Wildman–Crippen LogP) is 1.33. The maximum atomic E-state index is 11.8. The Hall–Kier alpha value is -1.16. The molecule has 0 saturated heterocycles. The standard InChI is InChI=1S/C11H19N3O/c1-4-14(5-2)9-7-11(15)10-6-8-12-13(10)3/h6,8H,4-5,7,9H2,1-3H3. The molecule has 0 radical (unpaired) electrons. The van der Waals surface area contributed by atoms with Crippen molar-refractivity contribution in [2.75, 3.05) is 19.6 Å². The highest BCUT2D eigenvalue weighted by atomic mass is 16.1. The number of ketones is 1. The van der Waals surface area contributed by atoms with Gasteiger partial charge in [0.2, 0.25) is 0 Å². The monoisotopic (exact) mass is 209 g/mol. The van der Waals surface area contributed by atoms with E-state index in [1.165, 1.54) is 0 Å². The number of carbonyl (C=O) groups excluding carboxylic acids is 1. The first-order valence-electron chi connectivity index (χ1n) is 5.42. The molecular weight excluding hydrogens is 190 g/mol. The van der Waals surface area contributed by atoms with Gasteiger partial charge in [-0.2, -0.15) is 5.10 Å². The zero-order valence-corrected chi connectivity index (χ0v) is 9.73. The second kappa shape index (κ2) is 5.66. The number of rotatable bonds is 6. The van der Waals surface area contributed by atoms with Crippen molar-refractivity contribution in [2.24, 2.45) is 7.05 Å². The first-order chi connectivity index (χ1) is 7.19. The summed E-state index contributed by atoms with van der Waals surface area (Å²) in [5.74, 6) is 0.168. The lowest BCUT2D eigenvalue weighted by Gasteiger charge is -2.16. The molecule has 0 amide bonds. The van der Waals surface area contributed by atoms with Crippen molar-refractivity contribution in [2.45, 2.75) is 20.3 Å². The maximum absolute atomic E-state index is 11.8. The van der Waals surface area contributed by atoms with Crippen LogP contribution in [0, 0.1) is 0 Å². The van der Waals surface area contributed by atoms with Crippen LogP contribution in [0.1, 0.15) is 30.8 Å². The van der Waals surface area contributed by atoms with E-state index in [0.717, 1.165) is 19.6 Å². The molecule has 0 fully saturated rings. The molecule has 0 aromatic carbocycles. The molecule has 0 atom stereocenters. The molecule has 1 heterocycles. The minimum Gasteiger partial charge on any atom is -0.303 e. The third-order valence-electron chi connectivity index (χ3n) is 2.66. The fraction of sp³-hybridized carbons (Fsp3) is 0.636. The normalized spacial score (nSPS) is 10.9. The van der Waals surface area contributed by atoms with Crippen molar-refractivity contribution in [3.05, 3.63) is 18.0 Å². The molecule has 0 N–H and O–H groups in total. The number of nitrogens with zero attached hydrogens (tertiary/aromatic N) is 3. The fourth-order valence-corrected chi connectivity index (χ4v) is 1.57. The third-order valence-corrected chi connectivity index (χ3v) is 2.66. The summed E-state index contributed by atoms with van der Waals surface area (Å²) >= 11 is 0. The van der Waals surface area contributed by atoms with E-state index < -0.39 is 0 Å². The van der Waals surface area contributed by atoms with E-state index in [1.54, 1.807) is 24.0 Å². The molecule has 0 unspecified atom stereocenters. The van der Waals surface area contributed by atoms with Crippen molar-refractivity contribution >= 4 is 5.78 Å². The SMILES string of the molecule is CCN(CC)CCC(=O)c1ccnn1C. The van der Waals surface area contributed by atoms with Crippen molar-refractivity contribution in [3.8, 4) is 0 Å². The van der Waals surface area contributed by atoms with Crippen molar-refractivity contribution in [1.82, 2.24) is 14.7 Å². The molecule has 1 aromatic heterocycles. The van der Waals surface area contributed by atoms with Crippen LogP contribution < -0.4 is 0 Å². The lowest BCUT2D eigenvalue weighted by molar-refractivity contribution is 0.0957. The van der Waals surface area contributed by atoms with Crippen LogP contribution in [-0.2, 0) is 7.05 Å². The molecule has 0 aliphatic heterocycles. The molecular formula is C11H19N3O. The Morgan fingerprint density at radius 2 is 2.13 bits per heavy atom. The Morgan fingerprint density at radius 1 is 1.47 bits per heavy atom. The van der Waals surface area contributed by atoms with Gasteiger partial charge in [-0.15, -0.1) is 0 Å². The smallest absolute Gasteiger partial charge is 0.182 e. The van der Waals surface area contributed by atoms with Gasteiger partial charge in [-0.25, -0.2) is 0 Å². The van der Waals surface area contributed by atoms with Crippen LogP contribution in [0.15, 0.2) is 12.3 Å².